The molecule has 2 N–H and O–H groups in total. The SMILES string of the molecule is OCCCCCCc1ccc(OC(F)(F)c2ccc(-c3ccc(CCCCCCO)c(F)c3F)cc2F)cc1. The van der Waals surface area contributed by atoms with Crippen molar-refractivity contribution in [3.05, 3.63) is 88.7 Å². The van der Waals surface area contributed by atoms with Gasteiger partial charge in [0.15, 0.2) is 11.6 Å². The summed E-state index contributed by atoms with van der Waals surface area (Å²) < 4.78 is 78.6. The molecule has 0 fully saturated rings. The van der Waals surface area contributed by atoms with Crippen molar-refractivity contribution in [3.8, 4) is 16.9 Å². The first kappa shape index (κ1) is 30.6. The number of aliphatic hydroxyl groups excluding tert-OH is 2. The van der Waals surface area contributed by atoms with Gasteiger partial charge in [-0.2, -0.15) is 8.78 Å². The van der Waals surface area contributed by atoms with E-state index in [4.69, 9.17) is 14.9 Å². The van der Waals surface area contributed by atoms with E-state index in [0.29, 0.717) is 19.3 Å². The number of alkyl halides is 2. The van der Waals surface area contributed by atoms with Crippen LogP contribution in [0.4, 0.5) is 22.0 Å². The molecule has 39 heavy (non-hydrogen) atoms. The van der Waals surface area contributed by atoms with E-state index in [1.165, 1.54) is 24.3 Å². The molecule has 0 aliphatic rings. The van der Waals surface area contributed by atoms with Gasteiger partial charge < -0.3 is 14.9 Å². The molecule has 0 spiro atoms. The number of halogens is 5. The Bertz CT molecular complexity index is 1180. The second-order valence-corrected chi connectivity index (χ2v) is 9.63. The molecule has 0 aliphatic carbocycles. The topological polar surface area (TPSA) is 49.7 Å². The number of rotatable bonds is 16. The number of aliphatic hydroxyl groups is 2. The Hall–Kier alpha value is -2.97. The Labute approximate surface area is 226 Å². The summed E-state index contributed by atoms with van der Waals surface area (Å²) in [5, 5.41) is 17.6. The summed E-state index contributed by atoms with van der Waals surface area (Å²) in [6.07, 6.45) is 3.47. The van der Waals surface area contributed by atoms with Crippen LogP contribution in [0.1, 0.15) is 68.1 Å². The predicted octanol–water partition coefficient (Wildman–Crippen LogP) is 8.09. The zero-order valence-corrected chi connectivity index (χ0v) is 21.9. The molecule has 3 nitrogen and oxygen atoms in total. The highest BCUT2D eigenvalue weighted by molar-refractivity contribution is 5.65. The Morgan fingerprint density at radius 2 is 1.26 bits per heavy atom. The van der Waals surface area contributed by atoms with Crippen molar-refractivity contribution in [1.82, 2.24) is 0 Å². The number of hydrogen-bond acceptors (Lipinski definition) is 3. The van der Waals surface area contributed by atoms with Crippen molar-refractivity contribution in [2.75, 3.05) is 13.2 Å². The summed E-state index contributed by atoms with van der Waals surface area (Å²) in [4.78, 5) is 0. The molecule has 0 bridgehead atoms. The zero-order chi connectivity index (χ0) is 28.3. The van der Waals surface area contributed by atoms with E-state index >= 15 is 0 Å². The van der Waals surface area contributed by atoms with Crippen molar-refractivity contribution in [1.29, 1.82) is 0 Å². The van der Waals surface area contributed by atoms with E-state index in [-0.39, 0.29) is 35.7 Å². The van der Waals surface area contributed by atoms with Gasteiger partial charge in [0.05, 0.1) is 5.56 Å². The highest BCUT2D eigenvalue weighted by atomic mass is 19.3. The van der Waals surface area contributed by atoms with E-state index in [1.54, 1.807) is 12.1 Å². The van der Waals surface area contributed by atoms with Gasteiger partial charge in [0, 0.05) is 18.8 Å². The Balaban J connectivity index is 1.66. The molecular weight excluding hydrogens is 515 g/mol. The average molecular weight is 551 g/mol. The smallest absolute Gasteiger partial charge is 0.429 e. The molecule has 3 aromatic rings. The minimum absolute atomic E-state index is 0.0683. The molecule has 3 rings (SSSR count). The summed E-state index contributed by atoms with van der Waals surface area (Å²) >= 11 is 0. The summed E-state index contributed by atoms with van der Waals surface area (Å²) in [7, 11) is 0. The van der Waals surface area contributed by atoms with Crippen LogP contribution < -0.4 is 4.74 Å². The second-order valence-electron chi connectivity index (χ2n) is 9.63. The quantitative estimate of drug-likeness (QED) is 0.140. The van der Waals surface area contributed by atoms with Gasteiger partial charge in [0.25, 0.3) is 0 Å². The standard InChI is InChI=1S/C31H35F5O3/c32-28-21-24(26-17-13-23(29(33)30(26)34)10-6-2-4-8-20-38)14-18-27(28)31(35,36)39-25-15-11-22(12-16-25)9-5-1-3-7-19-37/h11-18,21,37-38H,1-10,19-20H2. The molecule has 3 aromatic carbocycles. The van der Waals surface area contributed by atoms with Crippen molar-refractivity contribution < 1.29 is 36.9 Å². The third-order valence-electron chi connectivity index (χ3n) is 6.65. The van der Waals surface area contributed by atoms with Gasteiger partial charge in [-0.05, 0) is 79.5 Å². The number of hydrogen-bond donors (Lipinski definition) is 2. The van der Waals surface area contributed by atoms with Crippen molar-refractivity contribution >= 4 is 0 Å². The maximum absolute atomic E-state index is 14.8. The minimum Gasteiger partial charge on any atom is -0.429 e. The van der Waals surface area contributed by atoms with E-state index in [9.17, 15) is 22.0 Å². The van der Waals surface area contributed by atoms with E-state index < -0.39 is 29.1 Å². The van der Waals surface area contributed by atoms with E-state index in [1.807, 2.05) is 0 Å². The Kier molecular flexibility index (Phi) is 11.7. The average Bonchev–Trinajstić information content (AvgIpc) is 2.91. The van der Waals surface area contributed by atoms with Crippen LogP contribution in [-0.4, -0.2) is 23.4 Å². The number of ether oxygens (including phenoxy) is 1. The molecular formula is C31H35F5O3. The molecule has 212 valence electrons. The zero-order valence-electron chi connectivity index (χ0n) is 21.9. The fourth-order valence-electron chi connectivity index (χ4n) is 4.43. The number of benzene rings is 3. The largest absolute Gasteiger partial charge is 0.429 e. The third kappa shape index (κ3) is 8.77. The van der Waals surface area contributed by atoms with E-state index in [0.717, 1.165) is 68.7 Å². The van der Waals surface area contributed by atoms with Crippen LogP contribution >= 0.6 is 0 Å². The first-order valence-electron chi connectivity index (χ1n) is 13.4. The van der Waals surface area contributed by atoms with Crippen LogP contribution in [0.3, 0.4) is 0 Å². The summed E-state index contributed by atoms with van der Waals surface area (Å²) in [6.45, 7) is 0.256. The molecule has 0 unspecified atom stereocenters. The predicted molar refractivity (Wildman–Crippen MR) is 141 cm³/mol. The van der Waals surface area contributed by atoms with Crippen LogP contribution in [0, 0.1) is 17.5 Å². The summed E-state index contributed by atoms with van der Waals surface area (Å²) in [6, 6.07) is 11.6. The van der Waals surface area contributed by atoms with Gasteiger partial charge in [-0.1, -0.05) is 56.0 Å². The molecule has 0 amide bonds. The molecule has 0 saturated carbocycles. The Morgan fingerprint density at radius 1 is 0.641 bits per heavy atom. The monoisotopic (exact) mass is 550 g/mol. The minimum atomic E-state index is -3.99. The van der Waals surface area contributed by atoms with Gasteiger partial charge in [-0.3, -0.25) is 0 Å². The first-order valence-corrected chi connectivity index (χ1v) is 13.4. The summed E-state index contributed by atoms with van der Waals surface area (Å²) in [5.41, 5.74) is -0.170. The maximum Gasteiger partial charge on any atom is 0.429 e. The van der Waals surface area contributed by atoms with Crippen LogP contribution in [0.25, 0.3) is 11.1 Å². The third-order valence-corrected chi connectivity index (χ3v) is 6.65. The normalized spacial score (nSPS) is 11.7. The lowest BCUT2D eigenvalue weighted by molar-refractivity contribution is -0.187. The lowest BCUT2D eigenvalue weighted by Crippen LogP contribution is -2.23. The molecule has 8 heteroatoms. The highest BCUT2D eigenvalue weighted by Gasteiger charge is 2.38. The summed E-state index contributed by atoms with van der Waals surface area (Å²) in [5.74, 6) is -3.63. The molecule has 0 aromatic heterocycles. The molecule has 0 atom stereocenters. The first-order chi connectivity index (χ1) is 18.8. The van der Waals surface area contributed by atoms with Crippen LogP contribution in [0.2, 0.25) is 0 Å². The second kappa shape index (κ2) is 15.0. The lowest BCUT2D eigenvalue weighted by atomic mass is 9.98. The molecule has 0 radical (unpaired) electrons. The van der Waals surface area contributed by atoms with Crippen molar-refractivity contribution in [3.63, 3.8) is 0 Å². The highest BCUT2D eigenvalue weighted by Crippen LogP contribution is 2.36. The van der Waals surface area contributed by atoms with Crippen molar-refractivity contribution in [2.45, 2.75) is 70.3 Å². The molecule has 0 aliphatic heterocycles. The number of aryl methyl sites for hydroxylation is 2. The lowest BCUT2D eigenvalue weighted by Gasteiger charge is -2.19. The van der Waals surface area contributed by atoms with Gasteiger partial charge in [0.2, 0.25) is 0 Å². The number of unbranched alkanes of at least 4 members (excludes halogenated alkanes) is 6. The van der Waals surface area contributed by atoms with Gasteiger partial charge in [-0.25, -0.2) is 13.2 Å². The van der Waals surface area contributed by atoms with Gasteiger partial charge >= 0.3 is 6.11 Å². The fourth-order valence-corrected chi connectivity index (χ4v) is 4.43. The van der Waals surface area contributed by atoms with Crippen LogP contribution in [-0.2, 0) is 19.0 Å². The Morgan fingerprint density at radius 3 is 1.87 bits per heavy atom. The molecule has 0 heterocycles. The van der Waals surface area contributed by atoms with E-state index in [2.05, 4.69) is 0 Å². The fraction of sp³-hybridized carbons (Fsp3) is 0.419. The maximum atomic E-state index is 14.8. The van der Waals surface area contributed by atoms with Gasteiger partial charge in [0.1, 0.15) is 11.6 Å². The van der Waals surface area contributed by atoms with Gasteiger partial charge in [-0.15, -0.1) is 0 Å². The molecule has 0 saturated heterocycles. The van der Waals surface area contributed by atoms with Crippen LogP contribution in [0.15, 0.2) is 54.6 Å². The van der Waals surface area contributed by atoms with Crippen LogP contribution in [0.5, 0.6) is 5.75 Å². The van der Waals surface area contributed by atoms with Crippen molar-refractivity contribution in [2.24, 2.45) is 0 Å².